The molecule has 0 spiro atoms. The van der Waals surface area contributed by atoms with Crippen LogP contribution in [0.5, 0.6) is 0 Å². The number of nitrogens with one attached hydrogen (secondary N) is 1. The van der Waals surface area contributed by atoms with E-state index in [-0.39, 0.29) is 16.5 Å². The van der Waals surface area contributed by atoms with Gasteiger partial charge >= 0.3 is 0 Å². The number of ether oxygens (including phenoxy) is 2. The molecule has 5 heteroatoms. The Labute approximate surface area is 317 Å². The highest BCUT2D eigenvalue weighted by Crippen LogP contribution is 2.66. The number of allylic oxidation sites excluding steroid dienone is 1. The molecular formula is C47H75N3O2. The summed E-state index contributed by atoms with van der Waals surface area (Å²) < 4.78 is 12.2. The molecule has 3 saturated carbocycles. The van der Waals surface area contributed by atoms with E-state index < -0.39 is 0 Å². The van der Waals surface area contributed by atoms with E-state index in [0.717, 1.165) is 67.2 Å². The lowest BCUT2D eigenvalue weighted by Crippen LogP contribution is -2.73. The molecule has 5 nitrogen and oxygen atoms in total. The topological polar surface area (TPSA) is 37.0 Å². The van der Waals surface area contributed by atoms with Crippen molar-refractivity contribution in [2.45, 2.75) is 143 Å². The molecule has 52 heavy (non-hydrogen) atoms. The van der Waals surface area contributed by atoms with Crippen molar-refractivity contribution >= 4 is 0 Å². The van der Waals surface area contributed by atoms with Crippen molar-refractivity contribution in [2.24, 2.45) is 75.4 Å². The number of rotatable bonds is 11. The largest absolute Gasteiger partial charge is 0.497 e. The fourth-order valence-corrected chi connectivity index (χ4v) is 15.4. The number of piperidine rings is 2. The Morgan fingerprint density at radius 2 is 1.46 bits per heavy atom. The van der Waals surface area contributed by atoms with Crippen LogP contribution in [0.2, 0.25) is 0 Å². The number of hydrogen-bond acceptors (Lipinski definition) is 5. The predicted octanol–water partition coefficient (Wildman–Crippen LogP) is 8.95. The van der Waals surface area contributed by atoms with E-state index in [9.17, 15) is 0 Å². The third-order valence-electron chi connectivity index (χ3n) is 19.5. The molecular weight excluding hydrogens is 639 g/mol. The predicted molar refractivity (Wildman–Crippen MR) is 211 cm³/mol. The summed E-state index contributed by atoms with van der Waals surface area (Å²) in [7, 11) is 0. The maximum atomic E-state index is 6.29. The quantitative estimate of drug-likeness (QED) is 0.217. The summed E-state index contributed by atoms with van der Waals surface area (Å²) in [6, 6.07) is 0.614. The SMILES string of the molecule is CC(C)(C)C1CC2CCNC(CC(C)(N3CC4CC4C3)C(C)(C3C=C4OCC4C3)C(C)(CCC(C)(C)C3C4COCC43)N3CC4=C(CCC4)C3)C2C1. The van der Waals surface area contributed by atoms with Crippen LogP contribution < -0.4 is 5.32 Å². The maximum absolute atomic E-state index is 6.29. The van der Waals surface area contributed by atoms with Gasteiger partial charge in [-0.2, -0.15) is 0 Å². The summed E-state index contributed by atoms with van der Waals surface area (Å²) in [6.45, 7) is 30.7. The summed E-state index contributed by atoms with van der Waals surface area (Å²) in [5.41, 5.74) is 4.61. The number of nitrogens with zero attached hydrogens (tertiary/aromatic N) is 2. The molecule has 0 aromatic heterocycles. The van der Waals surface area contributed by atoms with E-state index in [1.807, 2.05) is 11.1 Å². The average molecular weight is 714 g/mol. The van der Waals surface area contributed by atoms with Crippen LogP contribution in [0.15, 0.2) is 23.0 Å². The van der Waals surface area contributed by atoms with Crippen molar-refractivity contribution in [3.8, 4) is 0 Å². The zero-order valence-electron chi connectivity index (χ0n) is 34.6. The lowest BCUT2D eigenvalue weighted by atomic mass is 9.49. The summed E-state index contributed by atoms with van der Waals surface area (Å²) in [4.78, 5) is 6.26. The molecule has 5 heterocycles. The zero-order chi connectivity index (χ0) is 36.0. The van der Waals surface area contributed by atoms with Crippen LogP contribution in [0.25, 0.3) is 0 Å². The van der Waals surface area contributed by atoms with E-state index in [4.69, 9.17) is 9.47 Å². The van der Waals surface area contributed by atoms with Gasteiger partial charge in [0.05, 0.1) is 31.5 Å². The van der Waals surface area contributed by atoms with Crippen LogP contribution in [0.1, 0.15) is 126 Å². The molecule has 13 atom stereocenters. The highest BCUT2D eigenvalue weighted by molar-refractivity contribution is 5.33. The van der Waals surface area contributed by atoms with Crippen molar-refractivity contribution < 1.29 is 9.47 Å². The Hall–Kier alpha value is -0.880. The molecule has 0 aromatic rings. The molecule has 0 radical (unpaired) electrons. The van der Waals surface area contributed by atoms with Gasteiger partial charge in [0.1, 0.15) is 0 Å². The fourth-order valence-electron chi connectivity index (χ4n) is 15.4. The second-order valence-corrected chi connectivity index (χ2v) is 23.1. The van der Waals surface area contributed by atoms with E-state index in [1.165, 1.54) is 109 Å². The third kappa shape index (κ3) is 5.33. The van der Waals surface area contributed by atoms with Gasteiger partial charge in [0.15, 0.2) is 0 Å². The maximum Gasteiger partial charge on any atom is 0.0988 e. The Balaban J connectivity index is 1.06. The standard InChI is InChI=1S/C47H75N3O2/c1-43(2,3)35-17-29-12-15-48-40(37(29)19-35)21-46(7,50-24-32-16-33(32)25-50)47(8,36-18-34-26-52-41(34)20-36)45(6,49-22-30-10-9-11-31(30)23-49)14-13-44(4,5)42-38-27-51-28-39(38)42/h20,29,32-40,42,48H,9-19,21-28H2,1-8H3. The monoisotopic (exact) mass is 714 g/mol. The molecule has 10 aliphatic rings. The van der Waals surface area contributed by atoms with Crippen LogP contribution >= 0.6 is 0 Å². The molecule has 0 aromatic carbocycles. The van der Waals surface area contributed by atoms with E-state index >= 15 is 0 Å². The minimum atomic E-state index is 0.0690. The highest BCUT2D eigenvalue weighted by Gasteiger charge is 2.68. The summed E-state index contributed by atoms with van der Waals surface area (Å²) >= 11 is 0. The third-order valence-corrected chi connectivity index (χ3v) is 19.5. The molecule has 4 saturated heterocycles. The van der Waals surface area contributed by atoms with Gasteiger partial charge in [-0.05, 0) is 161 Å². The van der Waals surface area contributed by atoms with Gasteiger partial charge in [-0.1, -0.05) is 52.7 Å². The summed E-state index contributed by atoms with van der Waals surface area (Å²) in [6.07, 6.45) is 17.7. The normalized spacial score (nSPS) is 44.5. The molecule has 1 N–H and O–H groups in total. The number of likely N-dealkylation sites (tertiary alicyclic amines) is 2. The molecule has 0 bridgehead atoms. The van der Waals surface area contributed by atoms with Gasteiger partial charge < -0.3 is 14.8 Å². The fraction of sp³-hybridized carbons (Fsp3) is 0.915. The average Bonchev–Trinajstić information content (AvgIpc) is 3.55. The summed E-state index contributed by atoms with van der Waals surface area (Å²) in [5, 5.41) is 4.31. The number of hydrogen-bond donors (Lipinski definition) is 1. The second-order valence-electron chi connectivity index (χ2n) is 23.1. The lowest BCUT2D eigenvalue weighted by molar-refractivity contribution is -0.148. The van der Waals surface area contributed by atoms with Crippen molar-refractivity contribution in [2.75, 3.05) is 52.5 Å². The van der Waals surface area contributed by atoms with Gasteiger partial charge in [0.25, 0.3) is 0 Å². The summed E-state index contributed by atoms with van der Waals surface area (Å²) in [5.74, 6) is 9.45. The highest BCUT2D eigenvalue weighted by atomic mass is 16.5. The van der Waals surface area contributed by atoms with Crippen LogP contribution in [0.3, 0.4) is 0 Å². The molecule has 7 fully saturated rings. The van der Waals surface area contributed by atoms with Gasteiger partial charge in [-0.15, -0.1) is 0 Å². The molecule has 13 unspecified atom stereocenters. The first-order valence-corrected chi connectivity index (χ1v) is 22.5. The lowest BCUT2D eigenvalue weighted by Gasteiger charge is -2.66. The van der Waals surface area contributed by atoms with Crippen molar-refractivity contribution in [3.05, 3.63) is 23.0 Å². The van der Waals surface area contributed by atoms with Crippen molar-refractivity contribution in [1.29, 1.82) is 0 Å². The smallest absolute Gasteiger partial charge is 0.0988 e. The van der Waals surface area contributed by atoms with Gasteiger partial charge in [-0.3, -0.25) is 9.80 Å². The molecule has 5 aliphatic heterocycles. The molecule has 10 rings (SSSR count). The van der Waals surface area contributed by atoms with Gasteiger partial charge in [-0.25, -0.2) is 0 Å². The Kier molecular flexibility index (Phi) is 8.24. The van der Waals surface area contributed by atoms with Crippen LogP contribution in [-0.2, 0) is 9.47 Å². The van der Waals surface area contributed by atoms with Crippen LogP contribution in [0.4, 0.5) is 0 Å². The van der Waals surface area contributed by atoms with E-state index in [1.54, 1.807) is 0 Å². The Morgan fingerprint density at radius 3 is 2.08 bits per heavy atom. The van der Waals surface area contributed by atoms with Gasteiger partial charge in [0, 0.05) is 48.7 Å². The minimum Gasteiger partial charge on any atom is -0.497 e. The van der Waals surface area contributed by atoms with Gasteiger partial charge in [0.2, 0.25) is 0 Å². The van der Waals surface area contributed by atoms with Crippen LogP contribution in [-0.4, -0.2) is 79.5 Å². The molecule has 290 valence electrons. The van der Waals surface area contributed by atoms with E-state index in [2.05, 4.69) is 76.6 Å². The van der Waals surface area contributed by atoms with Crippen LogP contribution in [0, 0.1) is 75.4 Å². The van der Waals surface area contributed by atoms with Crippen molar-refractivity contribution in [3.63, 3.8) is 0 Å². The number of fused-ring (bicyclic) bond motifs is 4. The van der Waals surface area contributed by atoms with Crippen molar-refractivity contribution in [1.82, 2.24) is 15.1 Å². The first-order chi connectivity index (χ1) is 24.7. The Bertz CT molecular complexity index is 1460. The zero-order valence-corrected chi connectivity index (χ0v) is 34.6. The Morgan fingerprint density at radius 1 is 0.750 bits per heavy atom. The molecule has 5 aliphatic carbocycles. The second kappa shape index (κ2) is 12.1. The van der Waals surface area contributed by atoms with E-state index in [0.29, 0.717) is 28.7 Å². The molecule has 0 amide bonds. The first kappa shape index (κ1) is 35.5. The minimum absolute atomic E-state index is 0.0690. The first-order valence-electron chi connectivity index (χ1n) is 22.5.